The predicted octanol–water partition coefficient (Wildman–Crippen LogP) is 5.49. The zero-order valence-electron chi connectivity index (χ0n) is 19.0. The quantitative estimate of drug-likeness (QED) is 0.330. The minimum Gasteiger partial charge on any atom is -0.324 e. The first kappa shape index (κ1) is 24.3. The van der Waals surface area contributed by atoms with Crippen molar-refractivity contribution in [2.24, 2.45) is 0 Å². The van der Waals surface area contributed by atoms with Crippen LogP contribution in [0.4, 0.5) is 5.69 Å². The summed E-state index contributed by atoms with van der Waals surface area (Å²) < 4.78 is 25.5. The summed E-state index contributed by atoms with van der Waals surface area (Å²) in [6.45, 7) is 4.80. The Morgan fingerprint density at radius 2 is 1.76 bits per heavy atom. The van der Waals surface area contributed by atoms with Gasteiger partial charge in [0.2, 0.25) is 5.91 Å². The number of halogens is 1. The van der Waals surface area contributed by atoms with E-state index in [1.54, 1.807) is 0 Å². The average Bonchev–Trinajstić information content (AvgIpc) is 3.09. The second kappa shape index (κ2) is 9.82. The molecule has 0 aliphatic heterocycles. The van der Waals surface area contributed by atoms with Crippen molar-refractivity contribution in [2.45, 2.75) is 30.4 Å². The largest absolute Gasteiger partial charge is 0.324 e. The highest BCUT2D eigenvalue weighted by Crippen LogP contribution is 2.28. The SMILES string of the molecule is Cc1cc(C)cc(Cn2c(SCC(=O)Nc3ccc(S(C)(=O)=O)cc3Cl)nc3ccccc32)c1. The van der Waals surface area contributed by atoms with Gasteiger partial charge in [0, 0.05) is 6.26 Å². The van der Waals surface area contributed by atoms with Crippen molar-refractivity contribution >= 4 is 55.8 Å². The predicted molar refractivity (Wildman–Crippen MR) is 139 cm³/mol. The van der Waals surface area contributed by atoms with Gasteiger partial charge in [-0.3, -0.25) is 4.79 Å². The van der Waals surface area contributed by atoms with Gasteiger partial charge in [-0.1, -0.05) is 64.8 Å². The molecule has 3 aromatic carbocycles. The van der Waals surface area contributed by atoms with Crippen LogP contribution in [0.5, 0.6) is 0 Å². The molecule has 0 saturated heterocycles. The van der Waals surface area contributed by atoms with Crippen LogP contribution in [0, 0.1) is 13.8 Å². The van der Waals surface area contributed by atoms with Crippen LogP contribution >= 0.6 is 23.4 Å². The Bertz CT molecular complexity index is 1480. The maximum absolute atomic E-state index is 12.6. The molecule has 0 unspecified atom stereocenters. The normalized spacial score (nSPS) is 11.6. The van der Waals surface area contributed by atoms with E-state index in [2.05, 4.69) is 41.9 Å². The maximum Gasteiger partial charge on any atom is 0.234 e. The Hall–Kier alpha value is -2.81. The topological polar surface area (TPSA) is 81.1 Å². The molecule has 34 heavy (non-hydrogen) atoms. The van der Waals surface area contributed by atoms with Gasteiger partial charge in [-0.05, 0) is 49.7 Å². The van der Waals surface area contributed by atoms with Crippen molar-refractivity contribution in [1.29, 1.82) is 0 Å². The van der Waals surface area contributed by atoms with Gasteiger partial charge >= 0.3 is 0 Å². The second-order valence-electron chi connectivity index (χ2n) is 8.22. The molecule has 4 aromatic rings. The van der Waals surface area contributed by atoms with Crippen LogP contribution in [0.3, 0.4) is 0 Å². The third-order valence-electron chi connectivity index (χ3n) is 5.22. The summed E-state index contributed by atoms with van der Waals surface area (Å²) in [6.07, 6.45) is 1.11. The monoisotopic (exact) mass is 513 g/mol. The lowest BCUT2D eigenvalue weighted by atomic mass is 10.1. The number of rotatable bonds is 7. The second-order valence-corrected chi connectivity index (χ2v) is 11.6. The minimum absolute atomic E-state index is 0.102. The maximum atomic E-state index is 12.6. The molecular formula is C25H24ClN3O3S2. The lowest BCUT2D eigenvalue weighted by Gasteiger charge is -2.11. The number of imidazole rings is 1. The number of hydrogen-bond acceptors (Lipinski definition) is 5. The first-order chi connectivity index (χ1) is 16.1. The number of thioether (sulfide) groups is 1. The van der Waals surface area contributed by atoms with Gasteiger partial charge < -0.3 is 9.88 Å². The van der Waals surface area contributed by atoms with Gasteiger partial charge in [0.15, 0.2) is 15.0 Å². The van der Waals surface area contributed by atoms with Crippen LogP contribution in [0.2, 0.25) is 5.02 Å². The Balaban J connectivity index is 1.53. The third-order valence-corrected chi connectivity index (χ3v) is 7.62. The molecule has 0 fully saturated rings. The lowest BCUT2D eigenvalue weighted by molar-refractivity contribution is -0.113. The number of anilines is 1. The van der Waals surface area contributed by atoms with Crippen LogP contribution < -0.4 is 5.32 Å². The van der Waals surface area contributed by atoms with E-state index in [9.17, 15) is 13.2 Å². The number of carbonyl (C=O) groups is 1. The molecule has 0 saturated carbocycles. The lowest BCUT2D eigenvalue weighted by Crippen LogP contribution is -2.15. The molecule has 9 heteroatoms. The number of aryl methyl sites for hydroxylation is 2. The highest BCUT2D eigenvalue weighted by molar-refractivity contribution is 7.99. The summed E-state index contributed by atoms with van der Waals surface area (Å²) in [7, 11) is -3.38. The molecule has 0 spiro atoms. The van der Waals surface area contributed by atoms with Gasteiger partial charge in [-0.25, -0.2) is 13.4 Å². The van der Waals surface area contributed by atoms with Gasteiger partial charge in [-0.15, -0.1) is 0 Å². The number of nitrogens with one attached hydrogen (secondary N) is 1. The molecule has 1 amide bonds. The number of nitrogens with zero attached hydrogens (tertiary/aromatic N) is 2. The zero-order valence-corrected chi connectivity index (χ0v) is 21.4. The molecule has 0 atom stereocenters. The number of benzene rings is 3. The molecule has 1 aromatic heterocycles. The standard InChI is InChI=1S/C25H24ClN3O3S2/c1-16-10-17(2)12-18(11-16)14-29-23-7-5-4-6-22(23)28-25(29)33-15-24(30)27-21-9-8-19(13-20(21)26)34(3,31)32/h4-13H,14-15H2,1-3H3,(H,27,30). The average molecular weight is 514 g/mol. The Morgan fingerprint density at radius 1 is 1.06 bits per heavy atom. The van der Waals surface area contributed by atoms with E-state index in [0.29, 0.717) is 12.2 Å². The molecule has 0 radical (unpaired) electrons. The summed E-state index contributed by atoms with van der Waals surface area (Å²) in [5.41, 5.74) is 5.81. The van der Waals surface area contributed by atoms with Crippen LogP contribution in [-0.4, -0.2) is 35.9 Å². The van der Waals surface area contributed by atoms with E-state index in [0.717, 1.165) is 22.4 Å². The highest BCUT2D eigenvalue weighted by atomic mass is 35.5. The van der Waals surface area contributed by atoms with Gasteiger partial charge in [-0.2, -0.15) is 0 Å². The first-order valence-corrected chi connectivity index (χ1v) is 13.8. The van der Waals surface area contributed by atoms with E-state index in [4.69, 9.17) is 16.6 Å². The molecule has 1 heterocycles. The number of hydrogen-bond donors (Lipinski definition) is 1. The van der Waals surface area contributed by atoms with E-state index in [1.807, 2.05) is 24.3 Å². The first-order valence-electron chi connectivity index (χ1n) is 10.5. The number of para-hydroxylation sites is 2. The molecule has 0 aliphatic rings. The van der Waals surface area contributed by atoms with E-state index in [-0.39, 0.29) is 21.6 Å². The van der Waals surface area contributed by atoms with Crippen molar-refractivity contribution in [2.75, 3.05) is 17.3 Å². The number of sulfone groups is 1. The molecule has 176 valence electrons. The van der Waals surface area contributed by atoms with Crippen molar-refractivity contribution in [1.82, 2.24) is 9.55 Å². The Morgan fingerprint density at radius 3 is 2.44 bits per heavy atom. The van der Waals surface area contributed by atoms with Crippen molar-refractivity contribution < 1.29 is 13.2 Å². The van der Waals surface area contributed by atoms with Crippen molar-refractivity contribution in [3.8, 4) is 0 Å². The smallest absolute Gasteiger partial charge is 0.234 e. The number of amides is 1. The summed E-state index contributed by atoms with van der Waals surface area (Å²) in [5, 5.41) is 3.67. The highest BCUT2D eigenvalue weighted by Gasteiger charge is 2.15. The van der Waals surface area contributed by atoms with E-state index >= 15 is 0 Å². The van der Waals surface area contributed by atoms with Crippen molar-refractivity contribution in [3.05, 3.63) is 82.4 Å². The molecular weight excluding hydrogens is 490 g/mol. The molecule has 0 bridgehead atoms. The van der Waals surface area contributed by atoms with Crippen LogP contribution in [0.15, 0.2) is 70.7 Å². The molecule has 6 nitrogen and oxygen atoms in total. The Labute approximate surface area is 208 Å². The van der Waals surface area contributed by atoms with Gasteiger partial charge in [0.25, 0.3) is 0 Å². The minimum atomic E-state index is -3.38. The Kier molecular flexibility index (Phi) is 7.02. The number of carbonyl (C=O) groups excluding carboxylic acids is 1. The summed E-state index contributed by atoms with van der Waals surface area (Å²) in [5.74, 6) is -0.135. The summed E-state index contributed by atoms with van der Waals surface area (Å²) >= 11 is 7.53. The van der Waals surface area contributed by atoms with Gasteiger partial charge in [0.05, 0.1) is 38.9 Å². The van der Waals surface area contributed by atoms with Crippen LogP contribution in [0.25, 0.3) is 11.0 Å². The zero-order chi connectivity index (χ0) is 24.5. The fraction of sp³-hybridized carbons (Fsp3) is 0.200. The molecule has 0 aliphatic carbocycles. The molecule has 4 rings (SSSR count). The third kappa shape index (κ3) is 5.63. The molecule has 1 N–H and O–H groups in total. The van der Waals surface area contributed by atoms with E-state index in [1.165, 1.54) is 46.7 Å². The van der Waals surface area contributed by atoms with Gasteiger partial charge in [0.1, 0.15) is 0 Å². The van der Waals surface area contributed by atoms with E-state index < -0.39 is 9.84 Å². The summed E-state index contributed by atoms with van der Waals surface area (Å²) in [6, 6.07) is 18.6. The summed E-state index contributed by atoms with van der Waals surface area (Å²) in [4.78, 5) is 17.5. The van der Waals surface area contributed by atoms with Crippen molar-refractivity contribution in [3.63, 3.8) is 0 Å². The number of aromatic nitrogens is 2. The fourth-order valence-corrected chi connectivity index (χ4v) is 5.56. The number of fused-ring (bicyclic) bond motifs is 1. The fourth-order valence-electron chi connectivity index (χ4n) is 3.80. The van der Waals surface area contributed by atoms with Crippen LogP contribution in [-0.2, 0) is 21.2 Å². The van der Waals surface area contributed by atoms with Crippen LogP contribution in [0.1, 0.15) is 16.7 Å².